The van der Waals surface area contributed by atoms with Crippen molar-refractivity contribution in [2.24, 2.45) is 0 Å². The first-order valence-electron chi connectivity index (χ1n) is 10.9. The summed E-state index contributed by atoms with van der Waals surface area (Å²) in [5.74, 6) is 0.264. The van der Waals surface area contributed by atoms with Gasteiger partial charge in [0.05, 0.1) is 23.4 Å². The number of hydrogen-bond donors (Lipinski definition) is 2. The van der Waals surface area contributed by atoms with Gasteiger partial charge in [-0.25, -0.2) is 4.98 Å². The molecule has 0 bridgehead atoms. The third kappa shape index (κ3) is 4.35. The number of benzene rings is 3. The number of methoxy groups -OCH3 is 1. The number of nitro benzene ring substituents is 1. The van der Waals surface area contributed by atoms with Crippen molar-refractivity contribution in [1.82, 2.24) is 4.98 Å². The van der Waals surface area contributed by atoms with Crippen LogP contribution in [0.4, 0.5) is 17.1 Å². The van der Waals surface area contributed by atoms with Gasteiger partial charge in [0.25, 0.3) is 11.6 Å². The van der Waals surface area contributed by atoms with Crippen molar-refractivity contribution in [2.45, 2.75) is 0 Å². The Labute approximate surface area is 210 Å². The number of amides is 1. The number of nitrogens with two attached hydrogens (primary N) is 1. The molecule has 0 spiro atoms. The maximum Gasteiger partial charge on any atom is 0.271 e. The van der Waals surface area contributed by atoms with Crippen LogP contribution >= 0.6 is 11.3 Å². The highest BCUT2D eigenvalue weighted by atomic mass is 32.1. The number of carbonyl (C=O) groups excluding carboxylic acids is 1. The number of pyridine rings is 1. The number of ether oxygens (including phenoxy) is 1. The van der Waals surface area contributed by atoms with Gasteiger partial charge in [0.15, 0.2) is 0 Å². The lowest BCUT2D eigenvalue weighted by atomic mass is 9.99. The van der Waals surface area contributed by atoms with E-state index < -0.39 is 10.8 Å². The van der Waals surface area contributed by atoms with Crippen molar-refractivity contribution < 1.29 is 14.5 Å². The maximum atomic E-state index is 13.2. The van der Waals surface area contributed by atoms with Gasteiger partial charge in [0.1, 0.15) is 15.5 Å². The molecule has 0 atom stereocenters. The summed E-state index contributed by atoms with van der Waals surface area (Å²) in [5, 5.41) is 14.5. The minimum atomic E-state index is -0.514. The molecule has 0 aliphatic heterocycles. The third-order valence-corrected chi connectivity index (χ3v) is 6.79. The number of aromatic nitrogens is 1. The highest BCUT2D eigenvalue weighted by Crippen LogP contribution is 2.42. The first kappa shape index (κ1) is 23.0. The lowest BCUT2D eigenvalue weighted by Gasteiger charge is -2.10. The second-order valence-electron chi connectivity index (χ2n) is 7.94. The zero-order chi connectivity index (χ0) is 25.2. The van der Waals surface area contributed by atoms with Gasteiger partial charge in [-0.3, -0.25) is 14.9 Å². The molecule has 0 aliphatic carbocycles. The Morgan fingerprint density at radius 1 is 1.00 bits per heavy atom. The van der Waals surface area contributed by atoms with E-state index in [1.807, 2.05) is 60.7 Å². The van der Waals surface area contributed by atoms with Gasteiger partial charge in [-0.2, -0.15) is 0 Å². The molecule has 0 fully saturated rings. The number of fused-ring (bicyclic) bond motifs is 1. The number of nitrogens with one attached hydrogen (secondary N) is 1. The van der Waals surface area contributed by atoms with Gasteiger partial charge in [-0.15, -0.1) is 11.3 Å². The molecule has 2 heterocycles. The van der Waals surface area contributed by atoms with E-state index in [9.17, 15) is 14.9 Å². The average Bonchev–Trinajstić information content (AvgIpc) is 3.25. The van der Waals surface area contributed by atoms with E-state index in [1.165, 1.54) is 29.5 Å². The minimum Gasteiger partial charge on any atom is -0.497 e. The average molecular weight is 497 g/mol. The molecular formula is C27H20N4O4S. The maximum absolute atomic E-state index is 13.2. The summed E-state index contributed by atoms with van der Waals surface area (Å²) in [5.41, 5.74) is 10.4. The molecule has 36 heavy (non-hydrogen) atoms. The molecule has 1 amide bonds. The van der Waals surface area contributed by atoms with Crippen molar-refractivity contribution in [3.8, 4) is 28.1 Å². The molecule has 3 aromatic carbocycles. The second-order valence-corrected chi connectivity index (χ2v) is 8.94. The minimum absolute atomic E-state index is 0.118. The fourth-order valence-electron chi connectivity index (χ4n) is 3.93. The molecule has 0 aliphatic rings. The van der Waals surface area contributed by atoms with E-state index in [0.717, 1.165) is 28.1 Å². The number of anilines is 2. The summed E-state index contributed by atoms with van der Waals surface area (Å²) in [6.07, 6.45) is 0. The van der Waals surface area contributed by atoms with E-state index in [1.54, 1.807) is 13.2 Å². The lowest BCUT2D eigenvalue weighted by Crippen LogP contribution is -2.12. The van der Waals surface area contributed by atoms with Crippen LogP contribution in [0.15, 0.2) is 84.9 Å². The molecule has 9 heteroatoms. The number of nitro groups is 1. The highest BCUT2D eigenvalue weighted by Gasteiger charge is 2.22. The fourth-order valence-corrected chi connectivity index (χ4v) is 4.94. The summed E-state index contributed by atoms with van der Waals surface area (Å²) in [6, 6.07) is 25.1. The van der Waals surface area contributed by atoms with Gasteiger partial charge >= 0.3 is 0 Å². The van der Waals surface area contributed by atoms with Crippen molar-refractivity contribution in [2.75, 3.05) is 18.2 Å². The zero-order valence-corrected chi connectivity index (χ0v) is 19.9. The first-order valence-corrected chi connectivity index (χ1v) is 11.7. The predicted molar refractivity (Wildman–Crippen MR) is 143 cm³/mol. The summed E-state index contributed by atoms with van der Waals surface area (Å²) >= 11 is 1.18. The van der Waals surface area contributed by atoms with E-state index in [-0.39, 0.29) is 10.6 Å². The SMILES string of the molecule is COc1ccc(-c2cc(-c3ccccc3)nc3sc(C(=O)Nc4cccc([N+](=O)[O-])c4)c(N)c23)cc1. The van der Waals surface area contributed by atoms with E-state index in [2.05, 4.69) is 5.32 Å². The molecule has 178 valence electrons. The van der Waals surface area contributed by atoms with E-state index in [0.29, 0.717) is 21.6 Å². The number of nitrogen functional groups attached to an aromatic ring is 1. The Morgan fingerprint density at radius 2 is 1.75 bits per heavy atom. The van der Waals surface area contributed by atoms with Crippen LogP contribution in [-0.2, 0) is 0 Å². The largest absolute Gasteiger partial charge is 0.497 e. The Hall–Kier alpha value is -4.76. The third-order valence-electron chi connectivity index (χ3n) is 5.69. The van der Waals surface area contributed by atoms with Gasteiger partial charge in [0.2, 0.25) is 0 Å². The van der Waals surface area contributed by atoms with Crippen LogP contribution in [0, 0.1) is 10.1 Å². The topological polar surface area (TPSA) is 120 Å². The summed E-state index contributed by atoms with van der Waals surface area (Å²) < 4.78 is 5.29. The molecule has 5 aromatic rings. The van der Waals surface area contributed by atoms with Crippen LogP contribution < -0.4 is 15.8 Å². The van der Waals surface area contributed by atoms with Gasteiger partial charge < -0.3 is 15.8 Å². The van der Waals surface area contributed by atoms with Gasteiger partial charge in [-0.1, -0.05) is 48.5 Å². The first-order chi connectivity index (χ1) is 17.4. The number of nitrogens with zero attached hydrogens (tertiary/aromatic N) is 2. The van der Waals surface area contributed by atoms with Crippen molar-refractivity contribution in [3.05, 3.63) is 99.9 Å². The fraction of sp³-hybridized carbons (Fsp3) is 0.0370. The summed E-state index contributed by atoms with van der Waals surface area (Å²) in [6.45, 7) is 0. The van der Waals surface area contributed by atoms with Crippen molar-refractivity contribution in [1.29, 1.82) is 0 Å². The van der Waals surface area contributed by atoms with Crippen LogP contribution in [-0.4, -0.2) is 22.9 Å². The Balaban J connectivity index is 1.63. The Morgan fingerprint density at radius 3 is 2.44 bits per heavy atom. The number of thiophene rings is 1. The predicted octanol–water partition coefficient (Wildman–Crippen LogP) is 6.38. The summed E-state index contributed by atoms with van der Waals surface area (Å²) in [4.78, 5) is 29.5. The molecule has 0 unspecified atom stereocenters. The molecular weight excluding hydrogens is 476 g/mol. The van der Waals surface area contributed by atoms with Gasteiger partial charge in [0, 0.05) is 28.8 Å². The smallest absolute Gasteiger partial charge is 0.271 e. The standard InChI is InChI=1S/C27H20N4O4S/c1-35-20-12-10-16(11-13-20)21-15-22(17-6-3-2-4-7-17)30-27-23(21)24(28)25(36-27)26(32)29-18-8-5-9-19(14-18)31(33)34/h2-15H,28H2,1H3,(H,29,32). The second kappa shape index (κ2) is 9.47. The van der Waals surface area contributed by atoms with E-state index >= 15 is 0 Å². The zero-order valence-electron chi connectivity index (χ0n) is 19.1. The van der Waals surface area contributed by atoms with Gasteiger partial charge in [-0.05, 0) is 35.4 Å². The normalized spacial score (nSPS) is 10.8. The van der Waals surface area contributed by atoms with Crippen LogP contribution in [0.1, 0.15) is 9.67 Å². The molecule has 0 saturated heterocycles. The van der Waals surface area contributed by atoms with Crippen molar-refractivity contribution in [3.63, 3.8) is 0 Å². The molecule has 3 N–H and O–H groups in total. The molecule has 8 nitrogen and oxygen atoms in total. The highest BCUT2D eigenvalue weighted by molar-refractivity contribution is 7.21. The Kier molecular flexibility index (Phi) is 6.05. The van der Waals surface area contributed by atoms with Crippen LogP contribution in [0.3, 0.4) is 0 Å². The molecule has 2 aromatic heterocycles. The quantitative estimate of drug-likeness (QED) is 0.208. The number of carbonyl (C=O) groups is 1. The molecule has 0 saturated carbocycles. The summed E-state index contributed by atoms with van der Waals surface area (Å²) in [7, 11) is 1.61. The van der Waals surface area contributed by atoms with Crippen LogP contribution in [0.25, 0.3) is 32.6 Å². The van der Waals surface area contributed by atoms with Crippen LogP contribution in [0.2, 0.25) is 0 Å². The van der Waals surface area contributed by atoms with E-state index in [4.69, 9.17) is 15.5 Å². The number of rotatable bonds is 6. The molecule has 5 rings (SSSR count). The molecule has 0 radical (unpaired) electrons. The monoisotopic (exact) mass is 496 g/mol. The lowest BCUT2D eigenvalue weighted by molar-refractivity contribution is -0.384. The Bertz CT molecular complexity index is 1600. The van der Waals surface area contributed by atoms with Crippen molar-refractivity contribution >= 4 is 44.5 Å². The van der Waals surface area contributed by atoms with Crippen LogP contribution in [0.5, 0.6) is 5.75 Å². The number of hydrogen-bond acceptors (Lipinski definition) is 7. The number of non-ortho nitro benzene ring substituents is 1.